The van der Waals surface area contributed by atoms with Gasteiger partial charge in [0.05, 0.1) is 0 Å². The lowest BCUT2D eigenvalue weighted by Crippen LogP contribution is -1.77. The van der Waals surface area contributed by atoms with Gasteiger partial charge in [-0.2, -0.15) is 0 Å². The highest BCUT2D eigenvalue weighted by atomic mass is 32.1. The monoisotopic (exact) mass is 183 g/mol. The molecule has 0 nitrogen and oxygen atoms in total. The molecular weight excluding hydrogens is 176 g/mol. The molecule has 0 N–H and O–H groups in total. The summed E-state index contributed by atoms with van der Waals surface area (Å²) in [5, 5.41) is 4.88. The molecule has 2 aromatic rings. The number of hydrogen-bond acceptors (Lipinski definition) is 0. The van der Waals surface area contributed by atoms with Crippen molar-refractivity contribution in [2.45, 2.75) is 0 Å². The van der Waals surface area contributed by atoms with E-state index in [9.17, 15) is 0 Å². The van der Waals surface area contributed by atoms with Gasteiger partial charge in [0.25, 0.3) is 0 Å². The topological polar surface area (TPSA) is 0 Å². The maximum Gasteiger partial charge on any atom is 0.0335 e. The minimum atomic E-state index is 1.01. The number of hydrogen-bond donors (Lipinski definition) is 0. The Labute approximate surface area is 83.0 Å². The van der Waals surface area contributed by atoms with Crippen LogP contribution in [0.4, 0.5) is 0 Å². The molecule has 2 aromatic carbocycles. The first-order chi connectivity index (χ1) is 6.42. The quantitative estimate of drug-likeness (QED) is 0.549. The third-order valence-electron chi connectivity index (χ3n) is 1.98. The zero-order chi connectivity index (χ0) is 9.10. The van der Waals surface area contributed by atoms with E-state index in [-0.39, 0.29) is 0 Å². The lowest BCUT2D eigenvalue weighted by molar-refractivity contribution is 1.71. The summed E-state index contributed by atoms with van der Waals surface area (Å²) in [6.07, 6.45) is 0. The van der Waals surface area contributed by atoms with E-state index < -0.39 is 0 Å². The van der Waals surface area contributed by atoms with Crippen molar-refractivity contribution in [3.05, 3.63) is 48.0 Å². The van der Waals surface area contributed by atoms with Gasteiger partial charge in [-0.3, -0.25) is 0 Å². The van der Waals surface area contributed by atoms with Gasteiger partial charge >= 0.3 is 0 Å². The lowest BCUT2D eigenvalue weighted by atomic mass is 10.1. The van der Waals surface area contributed by atoms with Crippen LogP contribution >= 0.6 is 12.6 Å². The molecule has 0 fully saturated rings. The first-order valence-electron chi connectivity index (χ1n) is 4.03. The summed E-state index contributed by atoms with van der Waals surface area (Å²) in [6, 6.07) is 14.2. The Bertz CT molecular complexity index is 484. The van der Waals surface area contributed by atoms with Crippen LogP contribution in [0.5, 0.6) is 0 Å². The van der Waals surface area contributed by atoms with E-state index in [2.05, 4.69) is 42.0 Å². The molecule has 1 heteroatoms. The van der Waals surface area contributed by atoms with Gasteiger partial charge in [0.2, 0.25) is 0 Å². The standard InChI is InChI=1S/C12H7S/c13-9-8-11-6-3-5-10-4-1-2-7-12(10)11/h1-7H. The molecule has 13 heavy (non-hydrogen) atoms. The summed E-state index contributed by atoms with van der Waals surface area (Å²) < 4.78 is 0. The SMILES string of the molecule is [S]C#Cc1cccc2ccccc12. The van der Waals surface area contributed by atoms with Gasteiger partial charge in [0, 0.05) is 10.8 Å². The molecule has 0 aliphatic carbocycles. The molecular formula is C12H7S. The Hall–Kier alpha value is -1.52. The van der Waals surface area contributed by atoms with E-state index in [0.29, 0.717) is 0 Å². The Kier molecular flexibility index (Phi) is 2.16. The highest BCUT2D eigenvalue weighted by molar-refractivity contribution is 7.85. The molecule has 61 valence electrons. The van der Waals surface area contributed by atoms with Crippen molar-refractivity contribution in [2.24, 2.45) is 0 Å². The van der Waals surface area contributed by atoms with Gasteiger partial charge in [-0.25, -0.2) is 0 Å². The smallest absolute Gasteiger partial charge is 0.0335 e. The molecule has 0 atom stereocenters. The molecule has 0 saturated heterocycles. The van der Waals surface area contributed by atoms with E-state index in [0.717, 1.165) is 5.56 Å². The molecule has 0 bridgehead atoms. The second-order valence-electron chi connectivity index (χ2n) is 2.75. The predicted octanol–water partition coefficient (Wildman–Crippen LogP) is 3.35. The zero-order valence-corrected chi connectivity index (χ0v) is 7.77. The summed E-state index contributed by atoms with van der Waals surface area (Å²) in [7, 11) is 0. The summed E-state index contributed by atoms with van der Waals surface area (Å²) in [6.45, 7) is 0. The van der Waals surface area contributed by atoms with Gasteiger partial charge in [0.15, 0.2) is 0 Å². The van der Waals surface area contributed by atoms with Gasteiger partial charge in [-0.15, -0.1) is 0 Å². The molecule has 0 heterocycles. The van der Waals surface area contributed by atoms with E-state index in [4.69, 9.17) is 0 Å². The second-order valence-corrected chi connectivity index (χ2v) is 2.96. The van der Waals surface area contributed by atoms with E-state index >= 15 is 0 Å². The molecule has 0 unspecified atom stereocenters. The van der Waals surface area contributed by atoms with Crippen molar-refractivity contribution in [3.8, 4) is 11.2 Å². The van der Waals surface area contributed by atoms with Crippen molar-refractivity contribution < 1.29 is 0 Å². The van der Waals surface area contributed by atoms with Crippen LogP contribution in [0, 0.1) is 11.2 Å². The van der Waals surface area contributed by atoms with Crippen LogP contribution in [0.1, 0.15) is 5.56 Å². The Morgan fingerprint density at radius 3 is 2.54 bits per heavy atom. The highest BCUT2D eigenvalue weighted by Crippen LogP contribution is 2.17. The molecule has 0 aliphatic heterocycles. The first kappa shape index (κ1) is 8.10. The van der Waals surface area contributed by atoms with Gasteiger partial charge in [-0.05, 0) is 35.4 Å². The van der Waals surface area contributed by atoms with Crippen LogP contribution in [-0.4, -0.2) is 0 Å². The van der Waals surface area contributed by atoms with Gasteiger partial charge < -0.3 is 0 Å². The maximum absolute atomic E-state index is 4.64. The lowest BCUT2D eigenvalue weighted by Gasteiger charge is -1.98. The molecule has 0 aromatic heterocycles. The summed E-state index contributed by atoms with van der Waals surface area (Å²) in [5.41, 5.74) is 1.01. The van der Waals surface area contributed by atoms with Crippen molar-refractivity contribution in [1.82, 2.24) is 0 Å². The van der Waals surface area contributed by atoms with Crippen LogP contribution in [-0.2, 0) is 0 Å². The average Bonchev–Trinajstić information content (AvgIpc) is 2.19. The number of fused-ring (bicyclic) bond motifs is 1. The van der Waals surface area contributed by atoms with Gasteiger partial charge in [-0.1, -0.05) is 36.4 Å². The van der Waals surface area contributed by atoms with E-state index in [1.807, 2.05) is 24.3 Å². The largest absolute Gasteiger partial charge is 0.0616 e. The fourth-order valence-corrected chi connectivity index (χ4v) is 1.50. The normalized spacial score (nSPS) is 9.23. The Morgan fingerprint density at radius 1 is 0.923 bits per heavy atom. The molecule has 0 aliphatic rings. The van der Waals surface area contributed by atoms with Crippen molar-refractivity contribution in [3.63, 3.8) is 0 Å². The average molecular weight is 183 g/mol. The van der Waals surface area contributed by atoms with E-state index in [1.54, 1.807) is 0 Å². The van der Waals surface area contributed by atoms with Crippen LogP contribution in [0.2, 0.25) is 0 Å². The highest BCUT2D eigenvalue weighted by Gasteiger charge is 1.95. The van der Waals surface area contributed by atoms with Crippen LogP contribution in [0.15, 0.2) is 42.5 Å². The van der Waals surface area contributed by atoms with Crippen LogP contribution < -0.4 is 0 Å². The Morgan fingerprint density at radius 2 is 1.69 bits per heavy atom. The molecule has 0 amide bonds. The van der Waals surface area contributed by atoms with Crippen LogP contribution in [0.3, 0.4) is 0 Å². The third-order valence-corrected chi connectivity index (χ3v) is 2.08. The third kappa shape index (κ3) is 1.49. The summed E-state index contributed by atoms with van der Waals surface area (Å²) in [5.74, 6) is 2.92. The minimum absolute atomic E-state index is 1.01. The van der Waals surface area contributed by atoms with Gasteiger partial charge in [0.1, 0.15) is 0 Å². The molecule has 0 spiro atoms. The summed E-state index contributed by atoms with van der Waals surface area (Å²) >= 11 is 4.64. The number of rotatable bonds is 0. The molecule has 1 radical (unpaired) electrons. The minimum Gasteiger partial charge on any atom is -0.0616 e. The van der Waals surface area contributed by atoms with Crippen LogP contribution in [0.25, 0.3) is 10.8 Å². The van der Waals surface area contributed by atoms with Crippen molar-refractivity contribution >= 4 is 23.4 Å². The zero-order valence-electron chi connectivity index (χ0n) is 6.95. The fourth-order valence-electron chi connectivity index (χ4n) is 1.39. The maximum atomic E-state index is 4.64. The first-order valence-corrected chi connectivity index (χ1v) is 4.43. The van der Waals surface area contributed by atoms with Crippen molar-refractivity contribution in [1.29, 1.82) is 0 Å². The van der Waals surface area contributed by atoms with Crippen molar-refractivity contribution in [2.75, 3.05) is 0 Å². The molecule has 0 saturated carbocycles. The molecule has 2 rings (SSSR count). The Balaban J connectivity index is 2.80. The summed E-state index contributed by atoms with van der Waals surface area (Å²) in [4.78, 5) is 0. The number of benzene rings is 2. The predicted molar refractivity (Wildman–Crippen MR) is 58.4 cm³/mol. The second kappa shape index (κ2) is 3.47. The fraction of sp³-hybridized carbons (Fsp3) is 0. The van der Waals surface area contributed by atoms with E-state index in [1.165, 1.54) is 10.8 Å².